The van der Waals surface area contributed by atoms with E-state index in [-0.39, 0.29) is 0 Å². The lowest BCUT2D eigenvalue weighted by Gasteiger charge is -2.07. The van der Waals surface area contributed by atoms with Gasteiger partial charge in [-0.25, -0.2) is 0 Å². The van der Waals surface area contributed by atoms with Crippen molar-refractivity contribution in [3.05, 3.63) is 71.3 Å². The summed E-state index contributed by atoms with van der Waals surface area (Å²) in [5.74, 6) is 0. The van der Waals surface area contributed by atoms with Gasteiger partial charge < -0.3 is 5.32 Å². The number of rotatable bonds is 6. The predicted molar refractivity (Wildman–Crippen MR) is 77.6 cm³/mol. The second kappa shape index (κ2) is 6.97. The highest BCUT2D eigenvalue weighted by Gasteiger charge is 1.96. The Bertz CT molecular complexity index is 462. The average molecular weight is 239 g/mol. The third-order valence-electron chi connectivity index (χ3n) is 3.24. The third kappa shape index (κ3) is 4.01. The molecule has 0 aliphatic carbocycles. The minimum Gasteiger partial charge on any atom is -0.313 e. The van der Waals surface area contributed by atoms with E-state index in [1.807, 2.05) is 0 Å². The second-order valence-corrected chi connectivity index (χ2v) is 4.69. The van der Waals surface area contributed by atoms with Crippen LogP contribution >= 0.6 is 0 Å². The lowest BCUT2D eigenvalue weighted by Crippen LogP contribution is -2.15. The molecular formula is C17H21N. The van der Waals surface area contributed by atoms with E-state index < -0.39 is 0 Å². The van der Waals surface area contributed by atoms with Crippen LogP contribution in [0.3, 0.4) is 0 Å². The van der Waals surface area contributed by atoms with Crippen LogP contribution in [0.2, 0.25) is 0 Å². The lowest BCUT2D eigenvalue weighted by molar-refractivity contribution is 0.648. The predicted octanol–water partition coefficient (Wildman–Crippen LogP) is 3.72. The highest BCUT2D eigenvalue weighted by Crippen LogP contribution is 2.06. The van der Waals surface area contributed by atoms with E-state index >= 15 is 0 Å². The molecule has 1 heteroatoms. The van der Waals surface area contributed by atoms with Gasteiger partial charge in [-0.2, -0.15) is 0 Å². The summed E-state index contributed by atoms with van der Waals surface area (Å²) in [7, 11) is 0. The summed E-state index contributed by atoms with van der Waals surface area (Å²) in [5.41, 5.74) is 4.19. The minimum atomic E-state index is 0.974. The maximum absolute atomic E-state index is 3.51. The van der Waals surface area contributed by atoms with Crippen molar-refractivity contribution in [2.24, 2.45) is 0 Å². The van der Waals surface area contributed by atoms with Crippen LogP contribution in [-0.4, -0.2) is 6.54 Å². The van der Waals surface area contributed by atoms with Crippen LogP contribution in [0.25, 0.3) is 0 Å². The molecule has 0 aliphatic heterocycles. The molecule has 0 amide bonds. The van der Waals surface area contributed by atoms with Gasteiger partial charge in [0, 0.05) is 6.54 Å². The van der Waals surface area contributed by atoms with Gasteiger partial charge in [-0.3, -0.25) is 0 Å². The highest BCUT2D eigenvalue weighted by molar-refractivity contribution is 5.25. The molecule has 0 aliphatic rings. The largest absolute Gasteiger partial charge is 0.313 e. The topological polar surface area (TPSA) is 12.0 Å². The first kappa shape index (κ1) is 12.8. The number of hydrogen-bond donors (Lipinski definition) is 1. The Morgan fingerprint density at radius 1 is 0.889 bits per heavy atom. The van der Waals surface area contributed by atoms with Gasteiger partial charge in [0.15, 0.2) is 0 Å². The van der Waals surface area contributed by atoms with Gasteiger partial charge >= 0.3 is 0 Å². The maximum Gasteiger partial charge on any atom is 0.0208 e. The van der Waals surface area contributed by atoms with Crippen LogP contribution in [0.1, 0.15) is 23.1 Å². The van der Waals surface area contributed by atoms with Crippen LogP contribution in [0.5, 0.6) is 0 Å². The molecule has 0 atom stereocenters. The molecule has 0 bridgehead atoms. The summed E-state index contributed by atoms with van der Waals surface area (Å²) >= 11 is 0. The summed E-state index contributed by atoms with van der Waals surface area (Å²) in [6.45, 7) is 4.21. The molecule has 0 saturated heterocycles. The van der Waals surface area contributed by atoms with Gasteiger partial charge in [0.25, 0.3) is 0 Å². The van der Waals surface area contributed by atoms with Gasteiger partial charge in [0.1, 0.15) is 0 Å². The summed E-state index contributed by atoms with van der Waals surface area (Å²) in [4.78, 5) is 0. The van der Waals surface area contributed by atoms with Crippen molar-refractivity contribution >= 4 is 0 Å². The molecule has 1 nitrogen and oxygen atoms in total. The van der Waals surface area contributed by atoms with Gasteiger partial charge in [-0.1, -0.05) is 54.6 Å². The summed E-state index contributed by atoms with van der Waals surface area (Å²) in [5, 5.41) is 3.51. The first-order chi connectivity index (χ1) is 8.86. The van der Waals surface area contributed by atoms with Crippen molar-refractivity contribution in [2.75, 3.05) is 6.54 Å². The van der Waals surface area contributed by atoms with Gasteiger partial charge in [0.05, 0.1) is 0 Å². The summed E-state index contributed by atoms with van der Waals surface area (Å²) in [6, 6.07) is 19.2. The zero-order chi connectivity index (χ0) is 12.6. The molecule has 18 heavy (non-hydrogen) atoms. The number of benzene rings is 2. The normalized spacial score (nSPS) is 10.5. The Kier molecular flexibility index (Phi) is 4.98. The van der Waals surface area contributed by atoms with Gasteiger partial charge in [-0.15, -0.1) is 0 Å². The first-order valence-electron chi connectivity index (χ1n) is 6.65. The number of aryl methyl sites for hydroxylation is 2. The molecule has 2 aromatic rings. The van der Waals surface area contributed by atoms with Crippen molar-refractivity contribution in [3.63, 3.8) is 0 Å². The van der Waals surface area contributed by atoms with E-state index in [0.29, 0.717) is 0 Å². The van der Waals surface area contributed by atoms with E-state index in [0.717, 1.165) is 19.5 Å². The average Bonchev–Trinajstić information content (AvgIpc) is 2.42. The molecule has 2 aromatic carbocycles. The Labute approximate surface area is 110 Å². The fourth-order valence-electron chi connectivity index (χ4n) is 2.09. The molecule has 94 valence electrons. The Hall–Kier alpha value is -1.60. The van der Waals surface area contributed by atoms with Gasteiger partial charge in [-0.05, 0) is 43.0 Å². The van der Waals surface area contributed by atoms with Crippen molar-refractivity contribution in [2.45, 2.75) is 26.3 Å². The molecule has 0 spiro atoms. The third-order valence-corrected chi connectivity index (χ3v) is 3.24. The molecule has 0 unspecified atom stereocenters. The molecule has 2 rings (SSSR count). The SMILES string of the molecule is Cc1ccccc1CNCCCc1ccccc1. The monoisotopic (exact) mass is 239 g/mol. The smallest absolute Gasteiger partial charge is 0.0208 e. The molecule has 0 fully saturated rings. The molecule has 0 saturated carbocycles. The van der Waals surface area contributed by atoms with Crippen molar-refractivity contribution in [1.29, 1.82) is 0 Å². The zero-order valence-electron chi connectivity index (χ0n) is 11.0. The molecular weight excluding hydrogens is 218 g/mol. The van der Waals surface area contributed by atoms with E-state index in [1.165, 1.54) is 23.1 Å². The summed E-state index contributed by atoms with van der Waals surface area (Å²) < 4.78 is 0. The Morgan fingerprint density at radius 2 is 1.61 bits per heavy atom. The van der Waals surface area contributed by atoms with Crippen LogP contribution in [0, 0.1) is 6.92 Å². The molecule has 0 heterocycles. The van der Waals surface area contributed by atoms with Crippen molar-refractivity contribution in [3.8, 4) is 0 Å². The Balaban J connectivity index is 1.66. The van der Waals surface area contributed by atoms with E-state index in [4.69, 9.17) is 0 Å². The van der Waals surface area contributed by atoms with Crippen LogP contribution in [0.4, 0.5) is 0 Å². The van der Waals surface area contributed by atoms with Crippen molar-refractivity contribution in [1.82, 2.24) is 5.32 Å². The number of nitrogens with one attached hydrogen (secondary N) is 1. The maximum atomic E-state index is 3.51. The molecule has 0 aromatic heterocycles. The standard InChI is InChI=1S/C17H21N/c1-15-8-5-6-12-17(15)14-18-13-7-11-16-9-3-2-4-10-16/h2-6,8-10,12,18H,7,11,13-14H2,1H3. The fraction of sp³-hybridized carbons (Fsp3) is 0.294. The minimum absolute atomic E-state index is 0.974. The fourth-order valence-corrected chi connectivity index (χ4v) is 2.09. The van der Waals surface area contributed by atoms with E-state index in [9.17, 15) is 0 Å². The Morgan fingerprint density at radius 3 is 2.39 bits per heavy atom. The first-order valence-corrected chi connectivity index (χ1v) is 6.65. The molecule has 1 N–H and O–H groups in total. The number of hydrogen-bond acceptors (Lipinski definition) is 1. The quantitative estimate of drug-likeness (QED) is 0.758. The lowest BCUT2D eigenvalue weighted by atomic mass is 10.1. The van der Waals surface area contributed by atoms with Gasteiger partial charge in [0.2, 0.25) is 0 Å². The second-order valence-electron chi connectivity index (χ2n) is 4.69. The zero-order valence-corrected chi connectivity index (χ0v) is 11.0. The van der Waals surface area contributed by atoms with Crippen molar-refractivity contribution < 1.29 is 0 Å². The summed E-state index contributed by atoms with van der Waals surface area (Å²) in [6.07, 6.45) is 2.34. The van der Waals surface area contributed by atoms with E-state index in [2.05, 4.69) is 66.8 Å². The molecule has 0 radical (unpaired) electrons. The van der Waals surface area contributed by atoms with Crippen LogP contribution in [0.15, 0.2) is 54.6 Å². The van der Waals surface area contributed by atoms with Crippen LogP contribution in [-0.2, 0) is 13.0 Å². The van der Waals surface area contributed by atoms with E-state index in [1.54, 1.807) is 0 Å². The van der Waals surface area contributed by atoms with Crippen LogP contribution < -0.4 is 5.32 Å². The highest BCUT2D eigenvalue weighted by atomic mass is 14.8.